The van der Waals surface area contributed by atoms with Crippen LogP contribution in [0.4, 0.5) is 0 Å². The first kappa shape index (κ1) is 15.0. The van der Waals surface area contributed by atoms with Gasteiger partial charge in [0.1, 0.15) is 0 Å². The van der Waals surface area contributed by atoms with Gasteiger partial charge in [0.15, 0.2) is 0 Å². The molecule has 1 N–H and O–H groups in total. The lowest BCUT2D eigenvalue weighted by molar-refractivity contribution is 0.468. The third-order valence-electron chi connectivity index (χ3n) is 2.37. The summed E-state index contributed by atoms with van der Waals surface area (Å²) in [5, 5.41) is 1.96. The third kappa shape index (κ3) is 4.95. The summed E-state index contributed by atoms with van der Waals surface area (Å²) in [5.41, 5.74) is 0. The van der Waals surface area contributed by atoms with Gasteiger partial charge in [0.05, 0.1) is 11.8 Å². The fourth-order valence-electron chi connectivity index (χ4n) is 1.49. The second kappa shape index (κ2) is 6.73. The van der Waals surface area contributed by atoms with Crippen LogP contribution < -0.4 is 4.72 Å². The van der Waals surface area contributed by atoms with Crippen LogP contribution in [0.15, 0.2) is 17.5 Å². The van der Waals surface area contributed by atoms with Gasteiger partial charge in [-0.25, -0.2) is 13.1 Å². The van der Waals surface area contributed by atoms with Gasteiger partial charge in [-0.05, 0) is 23.8 Å². The molecule has 0 radical (unpaired) electrons. The van der Waals surface area contributed by atoms with E-state index in [1.807, 2.05) is 31.4 Å². The van der Waals surface area contributed by atoms with Gasteiger partial charge in [-0.3, -0.25) is 0 Å². The Kier molecular flexibility index (Phi) is 5.92. The number of nitrogens with one attached hydrogen (secondary N) is 1. The van der Waals surface area contributed by atoms with Crippen molar-refractivity contribution < 1.29 is 8.42 Å². The van der Waals surface area contributed by atoms with Crippen molar-refractivity contribution in [3.63, 3.8) is 0 Å². The number of halogens is 1. The number of hydrogen-bond acceptors (Lipinski definition) is 3. The van der Waals surface area contributed by atoms with Gasteiger partial charge in [-0.1, -0.05) is 19.9 Å². The van der Waals surface area contributed by atoms with E-state index < -0.39 is 10.0 Å². The Morgan fingerprint density at radius 3 is 2.65 bits per heavy atom. The fraction of sp³-hybridized carbons (Fsp3) is 0.636. The zero-order valence-electron chi connectivity index (χ0n) is 10.0. The van der Waals surface area contributed by atoms with E-state index >= 15 is 0 Å². The molecule has 1 rings (SSSR count). The molecule has 0 aliphatic heterocycles. The zero-order valence-corrected chi connectivity index (χ0v) is 12.4. The molecule has 0 bridgehead atoms. The molecular weight excluding hydrogens is 278 g/mol. The average molecular weight is 296 g/mol. The highest BCUT2D eigenvalue weighted by molar-refractivity contribution is 7.89. The minimum Gasteiger partial charge on any atom is -0.212 e. The van der Waals surface area contributed by atoms with Crippen LogP contribution in [0, 0.1) is 5.92 Å². The molecule has 0 aliphatic rings. The first-order chi connectivity index (χ1) is 7.96. The molecule has 1 heterocycles. The van der Waals surface area contributed by atoms with E-state index in [0.717, 1.165) is 4.88 Å². The van der Waals surface area contributed by atoms with Gasteiger partial charge in [0.25, 0.3) is 0 Å². The highest BCUT2D eigenvalue weighted by atomic mass is 35.5. The summed E-state index contributed by atoms with van der Waals surface area (Å²) in [6.07, 6.45) is 0.478. The molecule has 0 saturated carbocycles. The summed E-state index contributed by atoms with van der Waals surface area (Å²) in [5.74, 6) is 0.677. The number of thiophene rings is 1. The Balaban J connectivity index is 2.75. The topological polar surface area (TPSA) is 46.2 Å². The maximum Gasteiger partial charge on any atom is 0.212 e. The van der Waals surface area contributed by atoms with Crippen LogP contribution in [0.5, 0.6) is 0 Å². The normalized spacial score (nSPS) is 14.1. The van der Waals surface area contributed by atoms with Crippen molar-refractivity contribution in [1.82, 2.24) is 4.72 Å². The monoisotopic (exact) mass is 295 g/mol. The van der Waals surface area contributed by atoms with Gasteiger partial charge in [-0.2, -0.15) is 0 Å². The third-order valence-corrected chi connectivity index (χ3v) is 5.03. The van der Waals surface area contributed by atoms with Crippen LogP contribution in [0.2, 0.25) is 0 Å². The van der Waals surface area contributed by atoms with Crippen molar-refractivity contribution in [3.05, 3.63) is 22.4 Å². The molecule has 0 aliphatic carbocycles. The van der Waals surface area contributed by atoms with Crippen molar-refractivity contribution in [2.45, 2.75) is 26.3 Å². The van der Waals surface area contributed by atoms with E-state index in [1.165, 1.54) is 0 Å². The first-order valence-corrected chi connectivity index (χ1v) is 8.62. The van der Waals surface area contributed by atoms with E-state index in [1.54, 1.807) is 11.3 Å². The number of alkyl halides is 1. The lowest BCUT2D eigenvalue weighted by Gasteiger charge is -2.21. The summed E-state index contributed by atoms with van der Waals surface area (Å²) < 4.78 is 26.4. The molecule has 1 atom stereocenters. The summed E-state index contributed by atoms with van der Waals surface area (Å²) in [6.45, 7) is 4.02. The van der Waals surface area contributed by atoms with E-state index in [0.29, 0.717) is 12.3 Å². The van der Waals surface area contributed by atoms with Gasteiger partial charge < -0.3 is 0 Å². The summed E-state index contributed by atoms with van der Waals surface area (Å²) in [7, 11) is -3.24. The lowest BCUT2D eigenvalue weighted by atomic mass is 10.0. The van der Waals surface area contributed by atoms with Crippen LogP contribution >= 0.6 is 22.9 Å². The molecule has 17 heavy (non-hydrogen) atoms. The second-order valence-corrected chi connectivity index (χ2v) is 7.45. The zero-order chi connectivity index (χ0) is 12.9. The summed E-state index contributed by atoms with van der Waals surface area (Å²) in [6, 6.07) is 3.75. The predicted molar refractivity (Wildman–Crippen MR) is 74.2 cm³/mol. The number of hydrogen-bond donors (Lipinski definition) is 1. The molecule has 1 aromatic rings. The lowest BCUT2D eigenvalue weighted by Crippen LogP contribution is -2.33. The molecule has 0 saturated heterocycles. The predicted octanol–water partition coefficient (Wildman–Crippen LogP) is 2.99. The van der Waals surface area contributed by atoms with Crippen LogP contribution in [-0.2, 0) is 10.0 Å². The van der Waals surface area contributed by atoms with Crippen molar-refractivity contribution in [2.75, 3.05) is 11.6 Å². The van der Waals surface area contributed by atoms with E-state index in [9.17, 15) is 8.42 Å². The van der Waals surface area contributed by atoms with Gasteiger partial charge in [0.2, 0.25) is 10.0 Å². The van der Waals surface area contributed by atoms with Crippen molar-refractivity contribution >= 4 is 33.0 Å². The highest BCUT2D eigenvalue weighted by Crippen LogP contribution is 2.26. The SMILES string of the molecule is CC(C)C(NS(=O)(=O)CCCCl)c1cccs1. The molecular formula is C11H18ClNO2S2. The smallest absolute Gasteiger partial charge is 0.212 e. The van der Waals surface area contributed by atoms with Gasteiger partial charge in [0, 0.05) is 10.8 Å². The van der Waals surface area contributed by atoms with Crippen LogP contribution in [0.1, 0.15) is 31.2 Å². The molecule has 0 aromatic carbocycles. The fourth-order valence-corrected chi connectivity index (χ4v) is 4.23. The largest absolute Gasteiger partial charge is 0.212 e. The molecule has 0 fully saturated rings. The van der Waals surface area contributed by atoms with Gasteiger partial charge in [-0.15, -0.1) is 22.9 Å². The number of rotatable bonds is 7. The highest BCUT2D eigenvalue weighted by Gasteiger charge is 2.22. The van der Waals surface area contributed by atoms with Crippen molar-refractivity contribution in [1.29, 1.82) is 0 Å². The molecule has 6 heteroatoms. The Morgan fingerprint density at radius 2 is 2.18 bits per heavy atom. The molecule has 1 unspecified atom stereocenters. The Labute approximate surface area is 112 Å². The van der Waals surface area contributed by atoms with Crippen molar-refractivity contribution in [2.24, 2.45) is 5.92 Å². The molecule has 0 spiro atoms. The minimum absolute atomic E-state index is 0.0884. The summed E-state index contributed by atoms with van der Waals surface area (Å²) in [4.78, 5) is 1.05. The summed E-state index contributed by atoms with van der Waals surface area (Å²) >= 11 is 7.09. The first-order valence-electron chi connectivity index (χ1n) is 5.55. The minimum atomic E-state index is -3.24. The molecule has 3 nitrogen and oxygen atoms in total. The Bertz CT molecular complexity index is 415. The van der Waals surface area contributed by atoms with Crippen molar-refractivity contribution in [3.8, 4) is 0 Å². The Morgan fingerprint density at radius 1 is 1.47 bits per heavy atom. The number of sulfonamides is 1. The second-order valence-electron chi connectivity index (χ2n) is 4.22. The van der Waals surface area contributed by atoms with Crippen LogP contribution in [-0.4, -0.2) is 20.1 Å². The Hall–Kier alpha value is -0.100. The maximum atomic E-state index is 11.8. The molecule has 0 amide bonds. The molecule has 98 valence electrons. The van der Waals surface area contributed by atoms with Crippen LogP contribution in [0.25, 0.3) is 0 Å². The van der Waals surface area contributed by atoms with E-state index in [4.69, 9.17) is 11.6 Å². The molecule has 1 aromatic heterocycles. The average Bonchev–Trinajstić information content (AvgIpc) is 2.76. The quantitative estimate of drug-likeness (QED) is 0.786. The maximum absolute atomic E-state index is 11.8. The van der Waals surface area contributed by atoms with Crippen LogP contribution in [0.3, 0.4) is 0 Å². The van der Waals surface area contributed by atoms with E-state index in [2.05, 4.69) is 4.72 Å². The standard InChI is InChI=1S/C11H18ClNO2S2/c1-9(2)11(10-5-3-7-16-10)13-17(14,15)8-4-6-12/h3,5,7,9,11,13H,4,6,8H2,1-2H3. The van der Waals surface area contributed by atoms with Gasteiger partial charge >= 0.3 is 0 Å². The van der Waals surface area contributed by atoms with E-state index in [-0.39, 0.29) is 17.7 Å².